The molecule has 7 nitrogen and oxygen atoms in total. The van der Waals surface area contributed by atoms with Crippen LogP contribution in [0.5, 0.6) is 11.5 Å². The van der Waals surface area contributed by atoms with Gasteiger partial charge in [-0.3, -0.25) is 10.4 Å². The van der Waals surface area contributed by atoms with E-state index in [4.69, 9.17) is 19.9 Å². The van der Waals surface area contributed by atoms with E-state index in [0.717, 1.165) is 22.7 Å². The highest BCUT2D eigenvalue weighted by Gasteiger charge is 2.11. The van der Waals surface area contributed by atoms with Gasteiger partial charge in [0.25, 0.3) is 10.1 Å². The zero-order chi connectivity index (χ0) is 30.9. The molecular weight excluding hydrogens is 536 g/mol. The molecule has 0 bridgehead atoms. The molecule has 4 aromatic carbocycles. The van der Waals surface area contributed by atoms with E-state index in [1.165, 1.54) is 12.1 Å². The summed E-state index contributed by atoms with van der Waals surface area (Å²) in [4.78, 5) is -0.0666. The Hall–Kier alpha value is -3.85. The van der Waals surface area contributed by atoms with Crippen molar-refractivity contribution >= 4 is 15.8 Å². The van der Waals surface area contributed by atoms with Crippen LogP contribution < -0.4 is 20.7 Å². The summed E-state index contributed by atoms with van der Waals surface area (Å²) in [5.74, 6) is 6.96. The summed E-state index contributed by atoms with van der Waals surface area (Å²) in [6.07, 6.45) is 0. The van der Waals surface area contributed by atoms with Gasteiger partial charge in [0, 0.05) is 5.69 Å². The third-order valence-corrected chi connectivity index (χ3v) is 5.46. The molecule has 0 aliphatic rings. The van der Waals surface area contributed by atoms with Crippen molar-refractivity contribution in [2.24, 2.45) is 5.84 Å². The largest absolute Gasteiger partial charge is 0.488 e. The number of nitrogens with one attached hydrogen (secondary N) is 1. The highest BCUT2D eigenvalue weighted by atomic mass is 32.2. The van der Waals surface area contributed by atoms with Crippen LogP contribution in [-0.2, 0) is 10.1 Å². The van der Waals surface area contributed by atoms with E-state index in [1.54, 1.807) is 12.1 Å². The van der Waals surface area contributed by atoms with Gasteiger partial charge in [0.05, 0.1) is 4.90 Å². The summed E-state index contributed by atoms with van der Waals surface area (Å²) >= 11 is 0. The number of hydrogen-bond donors (Lipinski definition) is 3. The van der Waals surface area contributed by atoms with E-state index in [1.807, 2.05) is 139 Å². The minimum atomic E-state index is -4.02. The van der Waals surface area contributed by atoms with Gasteiger partial charge in [0.1, 0.15) is 22.7 Å². The smallest absolute Gasteiger partial charge is 0.294 e. The highest BCUT2D eigenvalue weighted by molar-refractivity contribution is 7.85. The van der Waals surface area contributed by atoms with E-state index in [9.17, 15) is 8.42 Å². The molecule has 0 saturated heterocycles. The van der Waals surface area contributed by atoms with Crippen molar-refractivity contribution in [1.29, 1.82) is 0 Å². The quantitative estimate of drug-likeness (QED) is 0.128. The summed E-state index contributed by atoms with van der Waals surface area (Å²) < 4.78 is 40.8. The molecule has 0 spiro atoms. The fourth-order valence-electron chi connectivity index (χ4n) is 2.93. The second kappa shape index (κ2) is 17.1. The number of rotatable bonds is 4. The lowest BCUT2D eigenvalue weighted by molar-refractivity contribution is 0.130. The van der Waals surface area contributed by atoms with Crippen LogP contribution in [0.4, 0.5) is 5.69 Å². The van der Waals surface area contributed by atoms with E-state index in [-0.39, 0.29) is 16.1 Å². The summed E-state index contributed by atoms with van der Waals surface area (Å²) in [5, 5.41) is 0. The number of anilines is 1. The lowest BCUT2D eigenvalue weighted by atomic mass is 10.2. The number of hydrogen-bond acceptors (Lipinski definition) is 6. The Morgan fingerprint density at radius 1 is 0.610 bits per heavy atom. The number of para-hydroxylation sites is 3. The van der Waals surface area contributed by atoms with Gasteiger partial charge < -0.3 is 14.9 Å². The number of benzene rings is 4. The van der Waals surface area contributed by atoms with Gasteiger partial charge in [-0.15, -0.1) is 0 Å². The van der Waals surface area contributed by atoms with Crippen LogP contribution in [0.15, 0.2) is 120 Å². The molecule has 0 aromatic heterocycles. The Bertz CT molecular complexity index is 1280. The van der Waals surface area contributed by atoms with Crippen LogP contribution in [0, 0.1) is 6.92 Å². The van der Waals surface area contributed by atoms with Gasteiger partial charge in [-0.1, -0.05) is 72.3 Å². The maximum atomic E-state index is 10.5. The van der Waals surface area contributed by atoms with Gasteiger partial charge in [-0.05, 0) is 97.0 Å². The second-order valence-electron chi connectivity index (χ2n) is 10.9. The van der Waals surface area contributed by atoms with E-state index in [2.05, 4.69) is 5.43 Å². The standard InChI is InChI=1S/2C10H14O.C7H8O3S.C6H8N2/c2*1-10(2,3)11-9-7-5-4-6-8-9;1-6-2-4-7(5-3-6)11(8,9)10;7-8-6-4-2-1-3-5-6/h2*4-8H,1-3H3;2-5H,1H3,(H,8,9,10);1-5,8H,7H2. The minimum Gasteiger partial charge on any atom is -0.488 e. The normalized spacial score (nSPS) is 10.8. The lowest BCUT2D eigenvalue weighted by Crippen LogP contribution is -2.22. The first kappa shape index (κ1) is 35.2. The van der Waals surface area contributed by atoms with Crippen molar-refractivity contribution in [1.82, 2.24) is 0 Å². The number of hydrazine groups is 1. The van der Waals surface area contributed by atoms with Crippen LogP contribution >= 0.6 is 0 Å². The molecule has 0 aliphatic heterocycles. The monoisotopic (exact) mass is 580 g/mol. The molecule has 4 rings (SSSR count). The predicted molar refractivity (Wildman–Crippen MR) is 169 cm³/mol. The van der Waals surface area contributed by atoms with Crippen LogP contribution in [0.2, 0.25) is 0 Å². The first-order valence-electron chi connectivity index (χ1n) is 13.1. The third kappa shape index (κ3) is 18.2. The Labute approximate surface area is 246 Å². The van der Waals surface area contributed by atoms with Crippen molar-refractivity contribution in [3.63, 3.8) is 0 Å². The summed E-state index contributed by atoms with van der Waals surface area (Å²) in [7, 11) is -4.02. The summed E-state index contributed by atoms with van der Waals surface area (Å²) in [5.41, 5.74) is 4.23. The predicted octanol–water partition coefficient (Wildman–Crippen LogP) is 7.94. The molecule has 0 amide bonds. The van der Waals surface area contributed by atoms with Gasteiger partial charge in [0.15, 0.2) is 0 Å². The SMILES string of the molecule is CC(C)(C)Oc1ccccc1.CC(C)(C)Oc1ccccc1.Cc1ccc(S(=O)(=O)O)cc1.NNc1ccccc1. The van der Waals surface area contributed by atoms with E-state index < -0.39 is 10.1 Å². The van der Waals surface area contributed by atoms with Gasteiger partial charge in [-0.25, -0.2) is 0 Å². The number of aryl methyl sites for hydroxylation is 1. The molecule has 0 unspecified atom stereocenters. The molecule has 0 atom stereocenters. The second-order valence-corrected chi connectivity index (χ2v) is 12.3. The van der Waals surface area contributed by atoms with Crippen molar-refractivity contribution in [3.8, 4) is 11.5 Å². The van der Waals surface area contributed by atoms with Gasteiger partial charge in [-0.2, -0.15) is 8.42 Å². The topological polar surface area (TPSA) is 111 Å². The van der Waals surface area contributed by atoms with Gasteiger partial charge in [0.2, 0.25) is 0 Å². The number of nitrogen functional groups attached to an aromatic ring is 1. The Balaban J connectivity index is 0.000000275. The lowest BCUT2D eigenvalue weighted by Gasteiger charge is -2.20. The molecular formula is C33H44N2O5S. The highest BCUT2D eigenvalue weighted by Crippen LogP contribution is 2.17. The number of nitrogens with two attached hydrogens (primary N) is 1. The Kier molecular flexibility index (Phi) is 14.6. The molecule has 41 heavy (non-hydrogen) atoms. The molecule has 8 heteroatoms. The Morgan fingerprint density at radius 3 is 1.22 bits per heavy atom. The molecule has 0 saturated carbocycles. The first-order chi connectivity index (χ1) is 19.1. The average Bonchev–Trinajstić information content (AvgIpc) is 2.89. The molecule has 222 valence electrons. The average molecular weight is 581 g/mol. The van der Waals surface area contributed by atoms with Gasteiger partial charge >= 0.3 is 0 Å². The van der Waals surface area contributed by atoms with Crippen molar-refractivity contribution in [2.75, 3.05) is 5.43 Å². The van der Waals surface area contributed by atoms with Crippen LogP contribution in [0.25, 0.3) is 0 Å². The fourth-order valence-corrected chi connectivity index (χ4v) is 3.41. The Morgan fingerprint density at radius 2 is 0.951 bits per heavy atom. The minimum absolute atomic E-state index is 0.0666. The van der Waals surface area contributed by atoms with Crippen LogP contribution in [0.3, 0.4) is 0 Å². The molecule has 0 fully saturated rings. The fraction of sp³-hybridized carbons (Fsp3) is 0.273. The zero-order valence-corrected chi connectivity index (χ0v) is 25.9. The molecule has 4 N–H and O–H groups in total. The molecule has 0 radical (unpaired) electrons. The first-order valence-corrected chi connectivity index (χ1v) is 14.6. The van der Waals surface area contributed by atoms with E-state index >= 15 is 0 Å². The summed E-state index contributed by atoms with van der Waals surface area (Å²) in [6, 6.07) is 35.3. The van der Waals surface area contributed by atoms with Crippen molar-refractivity contribution in [3.05, 3.63) is 121 Å². The molecule has 0 heterocycles. The molecule has 0 aliphatic carbocycles. The van der Waals surface area contributed by atoms with E-state index in [0.29, 0.717) is 0 Å². The maximum absolute atomic E-state index is 10.5. The number of ether oxygens (including phenoxy) is 2. The van der Waals surface area contributed by atoms with Crippen molar-refractivity contribution in [2.45, 2.75) is 64.6 Å². The third-order valence-electron chi connectivity index (χ3n) is 4.59. The summed E-state index contributed by atoms with van der Waals surface area (Å²) in [6.45, 7) is 14.1. The van der Waals surface area contributed by atoms with Crippen LogP contribution in [0.1, 0.15) is 47.1 Å². The maximum Gasteiger partial charge on any atom is 0.294 e. The molecule has 4 aromatic rings. The zero-order valence-electron chi connectivity index (χ0n) is 25.0. The van der Waals surface area contributed by atoms with Crippen molar-refractivity contribution < 1.29 is 22.4 Å². The van der Waals surface area contributed by atoms with Crippen LogP contribution in [-0.4, -0.2) is 24.2 Å².